The molecule has 0 radical (unpaired) electrons. The Kier molecular flexibility index (Phi) is 6.77. The van der Waals surface area contributed by atoms with Gasteiger partial charge in [0, 0.05) is 39.8 Å². The number of nitrogens with zero attached hydrogens (tertiary/aromatic N) is 3. The number of likely N-dealkylation sites (tertiary alicyclic amines) is 1. The molecule has 2 amide bonds. The molecule has 7 heteroatoms. The molecule has 0 saturated carbocycles. The lowest BCUT2D eigenvalue weighted by Crippen LogP contribution is -2.48. The summed E-state index contributed by atoms with van der Waals surface area (Å²) in [7, 11) is 3.97. The number of pyridine rings is 1. The number of carbonyl (C=O) groups is 1. The quantitative estimate of drug-likeness (QED) is 0.828. The van der Waals surface area contributed by atoms with Crippen molar-refractivity contribution in [2.24, 2.45) is 0 Å². The minimum Gasteiger partial charge on any atom is -0.381 e. The lowest BCUT2D eigenvalue weighted by molar-refractivity contribution is 0.0834. The summed E-state index contributed by atoms with van der Waals surface area (Å²) in [5.74, 6) is 0.949. The molecule has 3 atom stereocenters. The largest absolute Gasteiger partial charge is 0.381 e. The van der Waals surface area contributed by atoms with E-state index in [1.807, 2.05) is 43.1 Å². The molecule has 3 heterocycles. The molecular formula is C20H33N5O2. The molecule has 0 bridgehead atoms. The van der Waals surface area contributed by atoms with Crippen LogP contribution in [-0.4, -0.2) is 67.9 Å². The fraction of sp³-hybridized carbons (Fsp3) is 0.700. The smallest absolute Gasteiger partial charge is 0.317 e. The van der Waals surface area contributed by atoms with Gasteiger partial charge in [0.25, 0.3) is 0 Å². The summed E-state index contributed by atoms with van der Waals surface area (Å²) in [4.78, 5) is 21.0. The Morgan fingerprint density at radius 2 is 2.11 bits per heavy atom. The van der Waals surface area contributed by atoms with Crippen molar-refractivity contribution in [3.8, 4) is 0 Å². The Morgan fingerprint density at radius 1 is 1.26 bits per heavy atom. The van der Waals surface area contributed by atoms with E-state index in [4.69, 9.17) is 4.74 Å². The Bertz CT molecular complexity index is 601. The van der Waals surface area contributed by atoms with Crippen molar-refractivity contribution >= 4 is 17.5 Å². The van der Waals surface area contributed by atoms with Crippen molar-refractivity contribution in [1.82, 2.24) is 15.2 Å². The number of urea groups is 1. The molecule has 0 spiro atoms. The maximum absolute atomic E-state index is 12.6. The van der Waals surface area contributed by atoms with Gasteiger partial charge in [-0.25, -0.2) is 9.78 Å². The van der Waals surface area contributed by atoms with Gasteiger partial charge in [-0.15, -0.1) is 0 Å². The van der Waals surface area contributed by atoms with Gasteiger partial charge < -0.3 is 25.2 Å². The normalized spacial score (nSPS) is 24.2. The summed E-state index contributed by atoms with van der Waals surface area (Å²) in [5.41, 5.74) is 1.04. The molecule has 150 valence electrons. The molecular weight excluding hydrogens is 342 g/mol. The van der Waals surface area contributed by atoms with E-state index in [0.717, 1.165) is 63.3 Å². The van der Waals surface area contributed by atoms with E-state index < -0.39 is 0 Å². The molecule has 1 aromatic heterocycles. The van der Waals surface area contributed by atoms with Gasteiger partial charge in [-0.1, -0.05) is 0 Å². The number of carbonyl (C=O) groups excluding carboxylic acids is 1. The highest BCUT2D eigenvalue weighted by Gasteiger charge is 2.26. The molecule has 2 aliphatic heterocycles. The molecule has 3 rings (SSSR count). The third-order valence-electron chi connectivity index (χ3n) is 5.47. The number of aromatic nitrogens is 1. The van der Waals surface area contributed by atoms with Crippen molar-refractivity contribution in [2.45, 2.75) is 57.2 Å². The monoisotopic (exact) mass is 375 g/mol. The van der Waals surface area contributed by atoms with Gasteiger partial charge >= 0.3 is 6.03 Å². The number of rotatable bonds is 5. The molecule has 2 fully saturated rings. The van der Waals surface area contributed by atoms with E-state index in [-0.39, 0.29) is 18.2 Å². The van der Waals surface area contributed by atoms with Crippen molar-refractivity contribution in [2.75, 3.05) is 44.0 Å². The van der Waals surface area contributed by atoms with E-state index in [1.54, 1.807) is 0 Å². The predicted octanol–water partition coefficient (Wildman–Crippen LogP) is 2.69. The Balaban J connectivity index is 1.47. The molecule has 0 aromatic carbocycles. The molecule has 0 unspecified atom stereocenters. The van der Waals surface area contributed by atoms with Gasteiger partial charge in [0.2, 0.25) is 0 Å². The first-order valence-electron chi connectivity index (χ1n) is 10.1. The second kappa shape index (κ2) is 9.26. The highest BCUT2D eigenvalue weighted by Crippen LogP contribution is 2.19. The van der Waals surface area contributed by atoms with Crippen LogP contribution in [0, 0.1) is 0 Å². The topological polar surface area (TPSA) is 69.7 Å². The van der Waals surface area contributed by atoms with Gasteiger partial charge in [-0.3, -0.25) is 0 Å². The zero-order valence-corrected chi connectivity index (χ0v) is 16.8. The summed E-state index contributed by atoms with van der Waals surface area (Å²) >= 11 is 0. The van der Waals surface area contributed by atoms with Crippen LogP contribution >= 0.6 is 0 Å². The third kappa shape index (κ3) is 5.48. The molecule has 2 saturated heterocycles. The van der Waals surface area contributed by atoms with E-state index in [1.165, 1.54) is 0 Å². The van der Waals surface area contributed by atoms with Crippen LogP contribution < -0.4 is 15.5 Å². The van der Waals surface area contributed by atoms with Gasteiger partial charge in [-0.05, 0) is 51.2 Å². The minimum absolute atomic E-state index is 0.0376. The summed E-state index contributed by atoms with van der Waals surface area (Å²) in [6.45, 7) is 4.43. The number of amides is 2. The number of hydrogen-bond acceptors (Lipinski definition) is 5. The maximum atomic E-state index is 12.6. The van der Waals surface area contributed by atoms with Crippen LogP contribution in [-0.2, 0) is 4.74 Å². The van der Waals surface area contributed by atoms with Crippen LogP contribution in [0.25, 0.3) is 0 Å². The van der Waals surface area contributed by atoms with Crippen LogP contribution in [0.15, 0.2) is 18.3 Å². The SMILES string of the molecule is C[C@H](NC(=O)N1CCC[C@@H](Nc2ccc(N(C)C)nc2)CC1)[C@H]1CCCO1. The van der Waals surface area contributed by atoms with Crippen molar-refractivity contribution in [3.05, 3.63) is 18.3 Å². The van der Waals surface area contributed by atoms with Gasteiger partial charge in [0.05, 0.1) is 24.0 Å². The Labute approximate surface area is 162 Å². The van der Waals surface area contributed by atoms with Gasteiger partial charge in [0.15, 0.2) is 0 Å². The van der Waals surface area contributed by atoms with E-state index in [2.05, 4.69) is 21.7 Å². The third-order valence-corrected chi connectivity index (χ3v) is 5.47. The zero-order valence-electron chi connectivity index (χ0n) is 16.8. The van der Waals surface area contributed by atoms with Crippen LogP contribution in [0.5, 0.6) is 0 Å². The standard InChI is InChI=1S/C20H33N5O2/c1-15(18-7-5-13-27-18)22-20(26)25-11-4-6-16(10-12-25)23-17-8-9-19(21-14-17)24(2)3/h8-9,14-16,18,23H,4-7,10-13H2,1-3H3,(H,22,26)/t15-,16+,18+/m0/s1. The van der Waals surface area contributed by atoms with E-state index in [0.29, 0.717) is 6.04 Å². The highest BCUT2D eigenvalue weighted by molar-refractivity contribution is 5.74. The van der Waals surface area contributed by atoms with Crippen LogP contribution in [0.1, 0.15) is 39.0 Å². The second-order valence-electron chi connectivity index (χ2n) is 7.85. The van der Waals surface area contributed by atoms with Crippen LogP contribution in [0.4, 0.5) is 16.3 Å². The first-order valence-corrected chi connectivity index (χ1v) is 10.1. The molecule has 0 aliphatic carbocycles. The zero-order chi connectivity index (χ0) is 19.2. The first-order chi connectivity index (χ1) is 13.0. The highest BCUT2D eigenvalue weighted by atomic mass is 16.5. The summed E-state index contributed by atoms with van der Waals surface area (Å²) in [6, 6.07) is 4.56. The van der Waals surface area contributed by atoms with E-state index >= 15 is 0 Å². The fourth-order valence-electron chi connectivity index (χ4n) is 3.79. The van der Waals surface area contributed by atoms with Crippen molar-refractivity contribution in [1.29, 1.82) is 0 Å². The predicted molar refractivity (Wildman–Crippen MR) is 108 cm³/mol. The average Bonchev–Trinajstić information content (AvgIpc) is 3.09. The first kappa shape index (κ1) is 19.7. The average molecular weight is 376 g/mol. The molecule has 2 aliphatic rings. The number of hydrogen-bond donors (Lipinski definition) is 2. The summed E-state index contributed by atoms with van der Waals surface area (Å²) in [6.07, 6.45) is 7.17. The molecule has 27 heavy (non-hydrogen) atoms. The van der Waals surface area contributed by atoms with E-state index in [9.17, 15) is 4.79 Å². The Hall–Kier alpha value is -2.02. The summed E-state index contributed by atoms with van der Waals surface area (Å²) in [5, 5.41) is 6.70. The maximum Gasteiger partial charge on any atom is 0.317 e. The van der Waals surface area contributed by atoms with Crippen LogP contribution in [0.3, 0.4) is 0 Å². The Morgan fingerprint density at radius 3 is 2.78 bits per heavy atom. The van der Waals surface area contributed by atoms with Gasteiger partial charge in [-0.2, -0.15) is 0 Å². The summed E-state index contributed by atoms with van der Waals surface area (Å²) < 4.78 is 5.68. The molecule has 2 N–H and O–H groups in total. The second-order valence-corrected chi connectivity index (χ2v) is 7.85. The number of nitrogens with one attached hydrogen (secondary N) is 2. The van der Waals surface area contributed by atoms with Gasteiger partial charge in [0.1, 0.15) is 5.82 Å². The van der Waals surface area contributed by atoms with Crippen molar-refractivity contribution < 1.29 is 9.53 Å². The number of anilines is 2. The van der Waals surface area contributed by atoms with Crippen molar-refractivity contribution in [3.63, 3.8) is 0 Å². The lowest BCUT2D eigenvalue weighted by atomic mass is 10.1. The fourth-order valence-corrected chi connectivity index (χ4v) is 3.79. The molecule has 7 nitrogen and oxygen atoms in total. The van der Waals surface area contributed by atoms with Crippen LogP contribution in [0.2, 0.25) is 0 Å². The number of ether oxygens (including phenoxy) is 1. The molecule has 1 aromatic rings. The lowest BCUT2D eigenvalue weighted by Gasteiger charge is -2.26. The minimum atomic E-state index is 0.0376.